The summed E-state index contributed by atoms with van der Waals surface area (Å²) in [6.07, 6.45) is 8.37. The fourth-order valence-electron chi connectivity index (χ4n) is 2.70. The molecule has 0 spiro atoms. The predicted molar refractivity (Wildman–Crippen MR) is 130 cm³/mol. The minimum Gasteiger partial charge on any atom is -0.467 e. The summed E-state index contributed by atoms with van der Waals surface area (Å²) in [4.78, 5) is 67.1. The quantitative estimate of drug-likeness (QED) is 0.252. The van der Waals surface area contributed by atoms with E-state index >= 15 is 0 Å². The summed E-state index contributed by atoms with van der Waals surface area (Å²) in [5.74, 6) is -1.87. The van der Waals surface area contributed by atoms with Gasteiger partial charge in [0.2, 0.25) is 17.7 Å². The number of carbonyl (C=O) groups is 6. The number of methoxy groups -OCH3 is 2. The molecule has 35 heavy (non-hydrogen) atoms. The van der Waals surface area contributed by atoms with E-state index in [1.165, 1.54) is 35.0 Å². The van der Waals surface area contributed by atoms with Crippen LogP contribution in [0.3, 0.4) is 0 Å². The van der Waals surface area contributed by atoms with Crippen molar-refractivity contribution in [3.05, 3.63) is 24.3 Å². The minimum absolute atomic E-state index is 0.0637. The standard InChI is InChI=1S/C15H24N2O5.C9H15NO3/c1-5-14(20)12(16-10(2)18)8-6-7-9-13(15(21)22-4)17-11(3)19;1-4-5-6-8(9(12)13-3)10-7(2)11/h6-7,12-13H,5,8-9H2,1-4H3,(H,16,18)(H,17,19);4-5,8H,6H2,1-3H3,(H,10,11)/t12-,13-;8-/m00/s1. The molecule has 198 valence electrons. The number of carbonyl (C=O) groups excluding carboxylic acids is 6. The van der Waals surface area contributed by atoms with Crippen LogP contribution in [-0.2, 0) is 38.2 Å². The van der Waals surface area contributed by atoms with Gasteiger partial charge in [0.15, 0.2) is 5.78 Å². The van der Waals surface area contributed by atoms with E-state index in [0.29, 0.717) is 19.3 Å². The van der Waals surface area contributed by atoms with Crippen molar-refractivity contribution in [1.29, 1.82) is 0 Å². The van der Waals surface area contributed by atoms with Crippen molar-refractivity contribution in [1.82, 2.24) is 16.0 Å². The third kappa shape index (κ3) is 17.6. The van der Waals surface area contributed by atoms with Crippen LogP contribution in [0.25, 0.3) is 0 Å². The maximum Gasteiger partial charge on any atom is 0.328 e. The van der Waals surface area contributed by atoms with Gasteiger partial charge in [0, 0.05) is 27.2 Å². The molecular formula is C24H39N3O8. The smallest absolute Gasteiger partial charge is 0.328 e. The van der Waals surface area contributed by atoms with E-state index in [9.17, 15) is 28.8 Å². The van der Waals surface area contributed by atoms with E-state index in [2.05, 4.69) is 25.4 Å². The Bertz CT molecular complexity index is 737. The molecule has 0 heterocycles. The van der Waals surface area contributed by atoms with Gasteiger partial charge in [-0.15, -0.1) is 0 Å². The summed E-state index contributed by atoms with van der Waals surface area (Å²) < 4.78 is 9.12. The lowest BCUT2D eigenvalue weighted by Crippen LogP contribution is -2.40. The molecule has 3 N–H and O–H groups in total. The minimum atomic E-state index is -0.764. The van der Waals surface area contributed by atoms with Gasteiger partial charge in [-0.25, -0.2) is 9.59 Å². The van der Waals surface area contributed by atoms with Crippen molar-refractivity contribution >= 4 is 35.4 Å². The average Bonchev–Trinajstić information content (AvgIpc) is 2.80. The van der Waals surface area contributed by atoms with E-state index in [1.54, 1.807) is 25.2 Å². The highest BCUT2D eigenvalue weighted by Crippen LogP contribution is 2.03. The van der Waals surface area contributed by atoms with Gasteiger partial charge in [-0.3, -0.25) is 19.2 Å². The highest BCUT2D eigenvalue weighted by atomic mass is 16.5. The Labute approximate surface area is 207 Å². The zero-order valence-corrected chi connectivity index (χ0v) is 21.6. The van der Waals surface area contributed by atoms with Crippen LogP contribution in [0.2, 0.25) is 0 Å². The van der Waals surface area contributed by atoms with Crippen LogP contribution < -0.4 is 16.0 Å². The van der Waals surface area contributed by atoms with Crippen molar-refractivity contribution in [2.24, 2.45) is 0 Å². The zero-order valence-electron chi connectivity index (χ0n) is 21.6. The second kappa shape index (κ2) is 19.9. The normalized spacial score (nSPS) is 13.0. The van der Waals surface area contributed by atoms with E-state index in [4.69, 9.17) is 0 Å². The molecule has 0 radical (unpaired) electrons. The summed E-state index contributed by atoms with van der Waals surface area (Å²) in [6, 6.07) is -1.91. The van der Waals surface area contributed by atoms with Crippen LogP contribution in [0.15, 0.2) is 24.3 Å². The Hall–Kier alpha value is -3.50. The molecule has 0 rings (SSSR count). The molecule has 3 atom stereocenters. The first-order valence-corrected chi connectivity index (χ1v) is 11.2. The number of ketones is 1. The molecule has 11 nitrogen and oxygen atoms in total. The van der Waals surface area contributed by atoms with E-state index in [0.717, 1.165) is 0 Å². The Balaban J connectivity index is 0. The lowest BCUT2D eigenvalue weighted by atomic mass is 10.1. The van der Waals surface area contributed by atoms with Crippen molar-refractivity contribution in [3.63, 3.8) is 0 Å². The molecule has 0 unspecified atom stereocenters. The average molecular weight is 498 g/mol. The molecule has 0 bridgehead atoms. The highest BCUT2D eigenvalue weighted by molar-refractivity contribution is 5.88. The number of Topliss-reactive ketones (excluding diaryl/α,β-unsaturated/α-hetero) is 1. The van der Waals surface area contributed by atoms with Gasteiger partial charge in [-0.2, -0.15) is 0 Å². The summed E-state index contributed by atoms with van der Waals surface area (Å²) in [6.45, 7) is 7.61. The molecule has 11 heteroatoms. The largest absolute Gasteiger partial charge is 0.467 e. The van der Waals surface area contributed by atoms with Crippen LogP contribution in [0.1, 0.15) is 60.3 Å². The van der Waals surface area contributed by atoms with Gasteiger partial charge in [0.25, 0.3) is 0 Å². The van der Waals surface area contributed by atoms with Gasteiger partial charge in [-0.1, -0.05) is 31.2 Å². The van der Waals surface area contributed by atoms with E-state index in [1.807, 2.05) is 13.0 Å². The third-order valence-corrected chi connectivity index (χ3v) is 4.36. The number of nitrogens with one attached hydrogen (secondary N) is 3. The Morgan fingerprint density at radius 2 is 1.00 bits per heavy atom. The molecule has 0 aromatic carbocycles. The van der Waals surface area contributed by atoms with Gasteiger partial charge in [0.05, 0.1) is 20.3 Å². The maximum atomic E-state index is 11.7. The van der Waals surface area contributed by atoms with Crippen molar-refractivity contribution in [3.8, 4) is 0 Å². The maximum absolute atomic E-state index is 11.7. The number of hydrogen-bond acceptors (Lipinski definition) is 8. The van der Waals surface area contributed by atoms with Crippen LogP contribution in [-0.4, -0.2) is 67.8 Å². The summed E-state index contributed by atoms with van der Waals surface area (Å²) in [5.41, 5.74) is 0. The number of esters is 2. The lowest BCUT2D eigenvalue weighted by molar-refractivity contribution is -0.145. The van der Waals surface area contributed by atoms with E-state index in [-0.39, 0.29) is 29.9 Å². The molecule has 3 amide bonds. The fraction of sp³-hybridized carbons (Fsp3) is 0.583. The second-order valence-electron chi connectivity index (χ2n) is 7.37. The molecular weight excluding hydrogens is 458 g/mol. The predicted octanol–water partition coefficient (Wildman–Crippen LogP) is 1.11. The van der Waals surface area contributed by atoms with Gasteiger partial charge >= 0.3 is 11.9 Å². The number of allylic oxidation sites excluding steroid dienone is 1. The van der Waals surface area contributed by atoms with Crippen molar-refractivity contribution in [2.75, 3.05) is 14.2 Å². The van der Waals surface area contributed by atoms with Crippen LogP contribution in [0.4, 0.5) is 0 Å². The van der Waals surface area contributed by atoms with Gasteiger partial charge < -0.3 is 25.4 Å². The van der Waals surface area contributed by atoms with Gasteiger partial charge in [-0.05, 0) is 26.2 Å². The molecule has 0 aliphatic carbocycles. The Morgan fingerprint density at radius 3 is 1.31 bits per heavy atom. The SMILES string of the molecule is CC=CC[C@H](NC(C)=O)C(=O)OC.CCC(=O)[C@H](CC=CC[C@H](NC(C)=O)C(=O)OC)NC(C)=O. The molecule has 0 aliphatic rings. The van der Waals surface area contributed by atoms with Crippen LogP contribution in [0.5, 0.6) is 0 Å². The number of rotatable bonds is 13. The zero-order chi connectivity index (χ0) is 27.4. The van der Waals surface area contributed by atoms with Crippen LogP contribution in [0, 0.1) is 0 Å². The summed E-state index contributed by atoms with van der Waals surface area (Å²) in [7, 11) is 2.54. The topological polar surface area (TPSA) is 157 Å². The number of hydrogen-bond donors (Lipinski definition) is 3. The molecule has 0 aliphatic heterocycles. The lowest BCUT2D eigenvalue weighted by Gasteiger charge is -2.15. The number of amides is 3. The monoisotopic (exact) mass is 497 g/mol. The van der Waals surface area contributed by atoms with E-state index < -0.39 is 30.1 Å². The van der Waals surface area contributed by atoms with Crippen LogP contribution >= 0.6 is 0 Å². The number of ether oxygens (including phenoxy) is 2. The second-order valence-corrected chi connectivity index (χ2v) is 7.37. The molecule has 0 saturated carbocycles. The fourth-order valence-corrected chi connectivity index (χ4v) is 2.70. The first-order valence-electron chi connectivity index (χ1n) is 11.2. The Morgan fingerprint density at radius 1 is 0.657 bits per heavy atom. The van der Waals surface area contributed by atoms with Crippen molar-refractivity contribution in [2.45, 2.75) is 78.4 Å². The molecule has 0 aromatic rings. The first-order chi connectivity index (χ1) is 16.4. The van der Waals surface area contributed by atoms with Gasteiger partial charge in [0.1, 0.15) is 12.1 Å². The summed E-state index contributed by atoms with van der Waals surface area (Å²) >= 11 is 0. The molecule has 0 fully saturated rings. The summed E-state index contributed by atoms with van der Waals surface area (Å²) in [5, 5.41) is 7.57. The molecule has 0 aromatic heterocycles. The Kier molecular flexibility index (Phi) is 19.2. The first kappa shape index (κ1) is 33.7. The third-order valence-electron chi connectivity index (χ3n) is 4.36. The molecule has 0 saturated heterocycles. The van der Waals surface area contributed by atoms with Crippen molar-refractivity contribution < 1.29 is 38.2 Å². The highest BCUT2D eigenvalue weighted by Gasteiger charge is 2.19.